The van der Waals surface area contributed by atoms with Crippen LogP contribution in [0.2, 0.25) is 0 Å². The highest BCUT2D eigenvalue weighted by Gasteiger charge is 2.08. The molecule has 1 atom stereocenters. The summed E-state index contributed by atoms with van der Waals surface area (Å²) in [6.45, 7) is 4.90. The number of carbonyl (C=O) groups excluding carboxylic acids is 1. The van der Waals surface area contributed by atoms with E-state index in [1.165, 1.54) is 11.6 Å². The van der Waals surface area contributed by atoms with E-state index in [0.29, 0.717) is 6.61 Å². The van der Waals surface area contributed by atoms with Gasteiger partial charge in [0.2, 0.25) is 5.91 Å². The third kappa shape index (κ3) is 7.92. The maximum atomic E-state index is 11.9. The van der Waals surface area contributed by atoms with Crippen LogP contribution in [-0.2, 0) is 4.79 Å². The number of aliphatic hydroxyl groups is 1. The fourth-order valence-electron chi connectivity index (χ4n) is 2.42. The predicted molar refractivity (Wildman–Crippen MR) is 109 cm³/mol. The Balaban J connectivity index is 1.76. The van der Waals surface area contributed by atoms with Gasteiger partial charge in [-0.15, -0.1) is 0 Å². The Morgan fingerprint density at radius 2 is 1.81 bits per heavy atom. The van der Waals surface area contributed by atoms with Crippen molar-refractivity contribution in [1.29, 1.82) is 0 Å². The van der Waals surface area contributed by atoms with Crippen molar-refractivity contribution in [2.24, 2.45) is 0 Å². The van der Waals surface area contributed by atoms with E-state index in [9.17, 15) is 9.90 Å². The molecule has 142 valence electrons. The molecule has 0 saturated carbocycles. The second kappa shape index (κ2) is 11.0. The zero-order chi connectivity index (χ0) is 19.5. The van der Waals surface area contributed by atoms with Crippen molar-refractivity contribution in [2.45, 2.75) is 26.4 Å². The average Bonchev–Trinajstić information content (AvgIpc) is 2.69. The van der Waals surface area contributed by atoms with Gasteiger partial charge in [0.15, 0.2) is 0 Å². The maximum absolute atomic E-state index is 11.9. The van der Waals surface area contributed by atoms with Gasteiger partial charge in [0.1, 0.15) is 5.75 Å². The highest BCUT2D eigenvalue weighted by Crippen LogP contribution is 2.17. The minimum Gasteiger partial charge on any atom is -0.493 e. The van der Waals surface area contributed by atoms with Crippen LogP contribution in [0.15, 0.2) is 72.3 Å². The first kappa shape index (κ1) is 20.5. The lowest BCUT2D eigenvalue weighted by molar-refractivity contribution is -0.116. The number of hydrogen-bond donors (Lipinski definition) is 2. The maximum Gasteiger partial charge on any atom is 0.244 e. The summed E-state index contributed by atoms with van der Waals surface area (Å²) >= 11 is 0. The van der Waals surface area contributed by atoms with Gasteiger partial charge in [-0.2, -0.15) is 0 Å². The van der Waals surface area contributed by atoms with Gasteiger partial charge in [-0.1, -0.05) is 54.1 Å². The van der Waals surface area contributed by atoms with Gasteiger partial charge in [-0.3, -0.25) is 4.79 Å². The molecular weight excluding hydrogens is 338 g/mol. The number of aliphatic hydroxyl groups excluding tert-OH is 1. The fraction of sp³-hybridized carbons (Fsp3) is 0.261. The van der Waals surface area contributed by atoms with Crippen LogP contribution in [0.4, 0.5) is 0 Å². The smallest absolute Gasteiger partial charge is 0.244 e. The molecule has 0 spiro atoms. The van der Waals surface area contributed by atoms with Crippen molar-refractivity contribution in [3.63, 3.8) is 0 Å². The third-order valence-corrected chi connectivity index (χ3v) is 3.90. The van der Waals surface area contributed by atoms with Crippen molar-refractivity contribution in [3.05, 3.63) is 83.4 Å². The Kier molecular flexibility index (Phi) is 8.33. The van der Waals surface area contributed by atoms with Gasteiger partial charge in [-0.25, -0.2) is 0 Å². The van der Waals surface area contributed by atoms with E-state index in [2.05, 4.69) is 25.2 Å². The summed E-state index contributed by atoms with van der Waals surface area (Å²) in [7, 11) is 0. The average molecular weight is 365 g/mol. The largest absolute Gasteiger partial charge is 0.493 e. The molecule has 4 nitrogen and oxygen atoms in total. The standard InChI is InChI=1S/C23H27NO3/c1-18(2)7-6-16-27-21-13-11-20(12-14-21)22(25)17-24-23(26)15-10-19-8-4-3-5-9-19/h3-5,7-15,22,25H,6,16-17H2,1-2H3,(H,24,26)/t22-/m0/s1. The van der Waals surface area contributed by atoms with Crippen molar-refractivity contribution >= 4 is 12.0 Å². The topological polar surface area (TPSA) is 58.6 Å². The zero-order valence-corrected chi connectivity index (χ0v) is 15.9. The summed E-state index contributed by atoms with van der Waals surface area (Å²) in [4.78, 5) is 11.9. The Hall–Kier alpha value is -2.85. The molecule has 0 aliphatic rings. The van der Waals surface area contributed by atoms with Crippen LogP contribution in [-0.4, -0.2) is 24.2 Å². The number of nitrogens with one attached hydrogen (secondary N) is 1. The highest BCUT2D eigenvalue weighted by molar-refractivity contribution is 5.91. The monoisotopic (exact) mass is 365 g/mol. The molecule has 0 heterocycles. The molecule has 0 bridgehead atoms. The first-order valence-electron chi connectivity index (χ1n) is 9.10. The molecule has 0 unspecified atom stereocenters. The molecule has 0 fully saturated rings. The lowest BCUT2D eigenvalue weighted by atomic mass is 10.1. The SMILES string of the molecule is CC(C)=CCCOc1ccc([C@@H](O)CNC(=O)C=Cc2ccccc2)cc1. The second-order valence-electron chi connectivity index (χ2n) is 6.49. The second-order valence-corrected chi connectivity index (χ2v) is 6.49. The summed E-state index contributed by atoms with van der Waals surface area (Å²) in [5, 5.41) is 12.9. The Labute approximate surface area is 161 Å². The predicted octanol–water partition coefficient (Wildman–Crippen LogP) is 4.28. The van der Waals surface area contributed by atoms with Gasteiger partial charge >= 0.3 is 0 Å². The first-order valence-corrected chi connectivity index (χ1v) is 9.10. The Bertz CT molecular complexity index is 760. The summed E-state index contributed by atoms with van der Waals surface area (Å²) < 4.78 is 5.66. The Morgan fingerprint density at radius 1 is 1.11 bits per heavy atom. The Morgan fingerprint density at radius 3 is 2.48 bits per heavy atom. The number of benzene rings is 2. The number of rotatable bonds is 9. The quantitative estimate of drug-likeness (QED) is 0.396. The lowest BCUT2D eigenvalue weighted by Gasteiger charge is -2.12. The number of ether oxygens (including phenoxy) is 1. The van der Waals surface area contributed by atoms with Crippen LogP contribution >= 0.6 is 0 Å². The minimum absolute atomic E-state index is 0.152. The van der Waals surface area contributed by atoms with Gasteiger partial charge < -0.3 is 15.2 Å². The fourth-order valence-corrected chi connectivity index (χ4v) is 2.42. The molecule has 4 heteroatoms. The first-order chi connectivity index (χ1) is 13.0. The summed E-state index contributed by atoms with van der Waals surface area (Å²) in [5.41, 5.74) is 2.96. The molecule has 0 aliphatic carbocycles. The van der Waals surface area contributed by atoms with Crippen LogP contribution in [0.5, 0.6) is 5.75 Å². The summed E-state index contributed by atoms with van der Waals surface area (Å²) in [6.07, 6.45) is 5.44. The van der Waals surface area contributed by atoms with Crippen molar-refractivity contribution < 1.29 is 14.6 Å². The lowest BCUT2D eigenvalue weighted by Crippen LogP contribution is -2.26. The van der Waals surface area contributed by atoms with E-state index >= 15 is 0 Å². The number of amides is 1. The molecular formula is C23H27NO3. The van der Waals surface area contributed by atoms with Crippen LogP contribution in [0.25, 0.3) is 6.08 Å². The van der Waals surface area contributed by atoms with E-state index in [4.69, 9.17) is 4.74 Å². The van der Waals surface area contributed by atoms with E-state index in [1.807, 2.05) is 54.6 Å². The van der Waals surface area contributed by atoms with Gasteiger partial charge in [0, 0.05) is 12.6 Å². The molecule has 0 saturated heterocycles. The summed E-state index contributed by atoms with van der Waals surface area (Å²) in [6, 6.07) is 16.9. The zero-order valence-electron chi connectivity index (χ0n) is 15.9. The van der Waals surface area contributed by atoms with Crippen LogP contribution in [0.3, 0.4) is 0 Å². The van der Waals surface area contributed by atoms with Crippen LogP contribution in [0, 0.1) is 0 Å². The van der Waals surface area contributed by atoms with Gasteiger partial charge in [-0.05, 0) is 49.6 Å². The minimum atomic E-state index is -0.765. The molecule has 2 rings (SSSR count). The van der Waals surface area contributed by atoms with Crippen molar-refractivity contribution in [3.8, 4) is 5.75 Å². The van der Waals surface area contributed by atoms with Crippen molar-refractivity contribution in [1.82, 2.24) is 5.32 Å². The third-order valence-electron chi connectivity index (χ3n) is 3.90. The number of carbonyl (C=O) groups is 1. The van der Waals surface area contributed by atoms with E-state index < -0.39 is 6.10 Å². The molecule has 0 radical (unpaired) electrons. The van der Waals surface area contributed by atoms with E-state index in [0.717, 1.165) is 23.3 Å². The molecule has 2 N–H and O–H groups in total. The summed E-state index contributed by atoms with van der Waals surface area (Å²) in [5.74, 6) is 0.528. The molecule has 0 aliphatic heterocycles. The normalized spacial score (nSPS) is 11.8. The molecule has 2 aromatic carbocycles. The van der Waals surface area contributed by atoms with Crippen LogP contribution in [0.1, 0.15) is 37.5 Å². The van der Waals surface area contributed by atoms with Gasteiger partial charge in [0.05, 0.1) is 12.7 Å². The molecule has 2 aromatic rings. The highest BCUT2D eigenvalue weighted by atomic mass is 16.5. The van der Waals surface area contributed by atoms with Crippen LogP contribution < -0.4 is 10.1 Å². The van der Waals surface area contributed by atoms with Gasteiger partial charge in [0.25, 0.3) is 0 Å². The van der Waals surface area contributed by atoms with E-state index in [1.54, 1.807) is 6.08 Å². The van der Waals surface area contributed by atoms with E-state index in [-0.39, 0.29) is 12.5 Å². The molecule has 27 heavy (non-hydrogen) atoms. The number of allylic oxidation sites excluding steroid dienone is 1. The molecule has 1 amide bonds. The molecule has 0 aromatic heterocycles. The number of hydrogen-bond acceptors (Lipinski definition) is 3. The van der Waals surface area contributed by atoms with Crippen molar-refractivity contribution in [2.75, 3.05) is 13.2 Å².